The number of hydrogen-bond donors (Lipinski definition) is 1. The number of hydrogen-bond acceptors (Lipinski definition) is 1. The number of aryl methyl sites for hydroxylation is 1. The summed E-state index contributed by atoms with van der Waals surface area (Å²) in [6, 6.07) is 8.91. The quantitative estimate of drug-likeness (QED) is 0.816. The lowest BCUT2D eigenvalue weighted by molar-refractivity contribution is 0.412. The van der Waals surface area contributed by atoms with Gasteiger partial charge >= 0.3 is 0 Å². The minimum absolute atomic E-state index is 0. The van der Waals surface area contributed by atoms with Crippen LogP contribution in [-0.2, 0) is 6.42 Å². The average molecular weight is 226 g/mol. The Bertz CT molecular complexity index is 299. The smallest absolute Gasteiger partial charge is 0.0194 e. The first-order valence-corrected chi connectivity index (χ1v) is 5.49. The van der Waals surface area contributed by atoms with Crippen molar-refractivity contribution in [2.45, 2.75) is 38.6 Å². The molecule has 1 N–H and O–H groups in total. The van der Waals surface area contributed by atoms with Gasteiger partial charge in [-0.05, 0) is 45.2 Å². The Morgan fingerprint density at radius 1 is 1.27 bits per heavy atom. The topological polar surface area (TPSA) is 12.0 Å². The van der Waals surface area contributed by atoms with Crippen molar-refractivity contribution in [3.8, 4) is 0 Å². The van der Waals surface area contributed by atoms with Gasteiger partial charge in [-0.3, -0.25) is 0 Å². The molecule has 0 aliphatic carbocycles. The SMILES string of the molecule is Cc1ccc(CC2(C)CCCN2)cc1.Cl. The van der Waals surface area contributed by atoms with Crippen molar-refractivity contribution in [3.05, 3.63) is 35.4 Å². The van der Waals surface area contributed by atoms with Crippen molar-refractivity contribution in [1.82, 2.24) is 5.32 Å². The van der Waals surface area contributed by atoms with Crippen LogP contribution in [0.15, 0.2) is 24.3 Å². The summed E-state index contributed by atoms with van der Waals surface area (Å²) < 4.78 is 0. The van der Waals surface area contributed by atoms with E-state index in [0.29, 0.717) is 5.54 Å². The molecule has 0 spiro atoms. The molecule has 1 heterocycles. The van der Waals surface area contributed by atoms with E-state index >= 15 is 0 Å². The first-order valence-electron chi connectivity index (χ1n) is 5.49. The predicted octanol–water partition coefficient (Wildman–Crippen LogP) is 3.10. The maximum Gasteiger partial charge on any atom is 0.0194 e. The molecule has 0 bridgehead atoms. The number of halogens is 1. The molecule has 1 saturated heterocycles. The van der Waals surface area contributed by atoms with Crippen LogP contribution in [0.3, 0.4) is 0 Å². The third-order valence-electron chi connectivity index (χ3n) is 3.17. The van der Waals surface area contributed by atoms with Crippen LogP contribution in [-0.4, -0.2) is 12.1 Å². The first kappa shape index (κ1) is 12.5. The molecule has 1 aromatic carbocycles. The zero-order valence-electron chi connectivity index (χ0n) is 9.55. The van der Waals surface area contributed by atoms with Crippen molar-refractivity contribution in [2.75, 3.05) is 6.54 Å². The second-order valence-corrected chi connectivity index (χ2v) is 4.75. The van der Waals surface area contributed by atoms with Crippen molar-refractivity contribution < 1.29 is 0 Å². The Kier molecular flexibility index (Phi) is 4.18. The van der Waals surface area contributed by atoms with Crippen LogP contribution in [0, 0.1) is 6.92 Å². The molecule has 0 amide bonds. The van der Waals surface area contributed by atoms with Gasteiger partial charge in [-0.1, -0.05) is 29.8 Å². The maximum absolute atomic E-state index is 3.60. The standard InChI is InChI=1S/C13H19N.ClH/c1-11-4-6-12(7-5-11)10-13(2)8-3-9-14-13;/h4-7,14H,3,8-10H2,1-2H3;1H. The van der Waals surface area contributed by atoms with Crippen LogP contribution >= 0.6 is 12.4 Å². The van der Waals surface area contributed by atoms with Gasteiger partial charge in [-0.25, -0.2) is 0 Å². The summed E-state index contributed by atoms with van der Waals surface area (Å²) in [5, 5.41) is 3.60. The largest absolute Gasteiger partial charge is 0.311 e. The van der Waals surface area contributed by atoms with Gasteiger partial charge in [-0.15, -0.1) is 12.4 Å². The summed E-state index contributed by atoms with van der Waals surface area (Å²) in [7, 11) is 0. The van der Waals surface area contributed by atoms with Crippen molar-refractivity contribution >= 4 is 12.4 Å². The van der Waals surface area contributed by atoms with E-state index in [4.69, 9.17) is 0 Å². The van der Waals surface area contributed by atoms with E-state index in [2.05, 4.69) is 43.4 Å². The molecular formula is C13H20ClN. The molecule has 0 aromatic heterocycles. The highest BCUT2D eigenvalue weighted by Crippen LogP contribution is 2.23. The second-order valence-electron chi connectivity index (χ2n) is 4.75. The molecule has 2 rings (SSSR count). The zero-order chi connectivity index (χ0) is 10.0. The fraction of sp³-hybridized carbons (Fsp3) is 0.538. The Balaban J connectivity index is 0.00000112. The fourth-order valence-electron chi connectivity index (χ4n) is 2.26. The highest BCUT2D eigenvalue weighted by molar-refractivity contribution is 5.85. The summed E-state index contributed by atoms with van der Waals surface area (Å²) in [5.41, 5.74) is 3.14. The molecule has 1 aromatic rings. The number of rotatable bonds is 2. The van der Waals surface area contributed by atoms with Crippen LogP contribution in [0.4, 0.5) is 0 Å². The monoisotopic (exact) mass is 225 g/mol. The van der Waals surface area contributed by atoms with Gasteiger partial charge in [0.2, 0.25) is 0 Å². The normalized spacial score (nSPS) is 24.9. The van der Waals surface area contributed by atoms with Crippen LogP contribution in [0.1, 0.15) is 30.9 Å². The van der Waals surface area contributed by atoms with Gasteiger partial charge in [0, 0.05) is 5.54 Å². The summed E-state index contributed by atoms with van der Waals surface area (Å²) in [6.07, 6.45) is 3.79. The average Bonchev–Trinajstić information content (AvgIpc) is 2.57. The van der Waals surface area contributed by atoms with E-state index in [1.807, 2.05) is 0 Å². The summed E-state index contributed by atoms with van der Waals surface area (Å²) in [4.78, 5) is 0. The van der Waals surface area contributed by atoms with Gasteiger partial charge in [0.1, 0.15) is 0 Å². The molecule has 84 valence electrons. The summed E-state index contributed by atoms with van der Waals surface area (Å²) in [5.74, 6) is 0. The number of nitrogens with one attached hydrogen (secondary N) is 1. The molecular weight excluding hydrogens is 206 g/mol. The molecule has 1 fully saturated rings. The van der Waals surface area contributed by atoms with Crippen molar-refractivity contribution in [1.29, 1.82) is 0 Å². The minimum Gasteiger partial charge on any atom is -0.311 e. The molecule has 1 aliphatic rings. The van der Waals surface area contributed by atoms with Crippen LogP contribution in [0.25, 0.3) is 0 Å². The molecule has 2 heteroatoms. The summed E-state index contributed by atoms with van der Waals surface area (Å²) in [6.45, 7) is 5.65. The molecule has 0 radical (unpaired) electrons. The van der Waals surface area contributed by atoms with E-state index < -0.39 is 0 Å². The molecule has 0 saturated carbocycles. The molecule has 1 nitrogen and oxygen atoms in total. The van der Waals surface area contributed by atoms with E-state index in [1.54, 1.807) is 0 Å². The van der Waals surface area contributed by atoms with Gasteiger partial charge in [0.15, 0.2) is 0 Å². The van der Waals surface area contributed by atoms with Crippen LogP contribution in [0.5, 0.6) is 0 Å². The molecule has 1 atom stereocenters. The molecule has 1 unspecified atom stereocenters. The van der Waals surface area contributed by atoms with Gasteiger partial charge in [0.05, 0.1) is 0 Å². The van der Waals surface area contributed by atoms with E-state index in [0.717, 1.165) is 6.42 Å². The lowest BCUT2D eigenvalue weighted by atomic mass is 9.91. The third-order valence-corrected chi connectivity index (χ3v) is 3.17. The molecule has 15 heavy (non-hydrogen) atoms. The Labute approximate surface area is 98.7 Å². The number of benzene rings is 1. The van der Waals surface area contributed by atoms with E-state index in [-0.39, 0.29) is 12.4 Å². The Morgan fingerprint density at radius 2 is 1.93 bits per heavy atom. The second kappa shape index (κ2) is 5.00. The van der Waals surface area contributed by atoms with Crippen molar-refractivity contribution in [2.24, 2.45) is 0 Å². The Hall–Kier alpha value is -0.530. The fourth-order valence-corrected chi connectivity index (χ4v) is 2.26. The Morgan fingerprint density at radius 3 is 2.47 bits per heavy atom. The highest BCUT2D eigenvalue weighted by atomic mass is 35.5. The van der Waals surface area contributed by atoms with Gasteiger partial charge in [-0.2, -0.15) is 0 Å². The van der Waals surface area contributed by atoms with Gasteiger partial charge in [0.25, 0.3) is 0 Å². The first-order chi connectivity index (χ1) is 6.68. The third kappa shape index (κ3) is 3.22. The van der Waals surface area contributed by atoms with E-state index in [9.17, 15) is 0 Å². The summed E-state index contributed by atoms with van der Waals surface area (Å²) >= 11 is 0. The minimum atomic E-state index is 0. The van der Waals surface area contributed by atoms with Crippen LogP contribution in [0.2, 0.25) is 0 Å². The van der Waals surface area contributed by atoms with Crippen LogP contribution < -0.4 is 5.32 Å². The van der Waals surface area contributed by atoms with Gasteiger partial charge < -0.3 is 5.32 Å². The predicted molar refractivity (Wildman–Crippen MR) is 67.8 cm³/mol. The zero-order valence-corrected chi connectivity index (χ0v) is 10.4. The van der Waals surface area contributed by atoms with Crippen molar-refractivity contribution in [3.63, 3.8) is 0 Å². The molecule has 1 aliphatic heterocycles. The van der Waals surface area contributed by atoms with E-state index in [1.165, 1.54) is 30.5 Å². The lowest BCUT2D eigenvalue weighted by Gasteiger charge is -2.24. The maximum atomic E-state index is 3.60. The lowest BCUT2D eigenvalue weighted by Crippen LogP contribution is -2.38. The highest BCUT2D eigenvalue weighted by Gasteiger charge is 2.27.